The molecule has 1 aromatic rings. The van der Waals surface area contributed by atoms with Crippen LogP contribution in [-0.4, -0.2) is 37.6 Å². The van der Waals surface area contributed by atoms with Gasteiger partial charge in [-0.25, -0.2) is 0 Å². The smallest absolute Gasteiger partial charge is 0.240 e. The number of fused-ring (bicyclic) bond motifs is 1. The molecule has 23 heavy (non-hydrogen) atoms. The van der Waals surface area contributed by atoms with E-state index in [1.807, 2.05) is 24.3 Å². The van der Waals surface area contributed by atoms with Crippen LogP contribution in [-0.2, 0) is 19.7 Å². The van der Waals surface area contributed by atoms with Gasteiger partial charge in [-0.15, -0.1) is 0 Å². The summed E-state index contributed by atoms with van der Waals surface area (Å²) in [6.07, 6.45) is 2.57. The molecule has 0 aromatic heterocycles. The van der Waals surface area contributed by atoms with E-state index in [1.54, 1.807) is 4.90 Å². The molecule has 0 bridgehead atoms. The molecule has 2 aliphatic rings. The molecule has 1 aromatic carbocycles. The lowest BCUT2D eigenvalue weighted by molar-refractivity contribution is -0.125. The molecule has 1 saturated heterocycles. The van der Waals surface area contributed by atoms with Crippen molar-refractivity contribution in [3.8, 4) is 0 Å². The predicted molar refractivity (Wildman–Crippen MR) is 88.4 cm³/mol. The second-order valence-electron chi connectivity index (χ2n) is 7.00. The average Bonchev–Trinajstić information content (AvgIpc) is 3.02. The maximum atomic E-state index is 12.5. The Bertz CT molecular complexity index is 606. The molecule has 0 saturated carbocycles. The minimum absolute atomic E-state index is 0.000895. The Hall–Kier alpha value is -1.88. The van der Waals surface area contributed by atoms with Crippen LogP contribution < -0.4 is 10.2 Å². The number of anilines is 1. The number of rotatable bonds is 4. The van der Waals surface area contributed by atoms with Crippen molar-refractivity contribution < 1.29 is 14.3 Å². The van der Waals surface area contributed by atoms with Crippen molar-refractivity contribution >= 4 is 17.5 Å². The van der Waals surface area contributed by atoms with Gasteiger partial charge in [0.1, 0.15) is 6.54 Å². The van der Waals surface area contributed by atoms with Crippen LogP contribution in [0.1, 0.15) is 38.7 Å². The van der Waals surface area contributed by atoms with Crippen LogP contribution >= 0.6 is 0 Å². The fraction of sp³-hybridized carbons (Fsp3) is 0.556. The standard InChI is InChI=1S/C18H24N2O3/c1-18(2)10-17(22)20(15-8-4-3-7-14(15)18)12-16(21)19-11-13-6-5-9-23-13/h3-4,7-8,13H,5-6,9-12H2,1-2H3,(H,19,21)/t13-/m0/s1. The summed E-state index contributed by atoms with van der Waals surface area (Å²) in [5.41, 5.74) is 1.77. The van der Waals surface area contributed by atoms with E-state index in [4.69, 9.17) is 4.74 Å². The van der Waals surface area contributed by atoms with E-state index in [1.165, 1.54) is 0 Å². The van der Waals surface area contributed by atoms with Crippen LogP contribution in [0.4, 0.5) is 5.69 Å². The first-order valence-electron chi connectivity index (χ1n) is 8.25. The zero-order chi connectivity index (χ0) is 16.4. The van der Waals surface area contributed by atoms with Gasteiger partial charge in [0.2, 0.25) is 11.8 Å². The summed E-state index contributed by atoms with van der Waals surface area (Å²) in [6.45, 7) is 5.50. The number of nitrogens with zero attached hydrogens (tertiary/aromatic N) is 1. The fourth-order valence-corrected chi connectivity index (χ4v) is 3.39. The molecular weight excluding hydrogens is 292 g/mol. The molecule has 2 heterocycles. The second-order valence-corrected chi connectivity index (χ2v) is 7.00. The van der Waals surface area contributed by atoms with E-state index in [0.29, 0.717) is 13.0 Å². The van der Waals surface area contributed by atoms with Gasteiger partial charge in [0, 0.05) is 30.7 Å². The number of carbonyl (C=O) groups excluding carboxylic acids is 2. The average molecular weight is 316 g/mol. The van der Waals surface area contributed by atoms with E-state index in [-0.39, 0.29) is 29.9 Å². The highest BCUT2D eigenvalue weighted by Gasteiger charge is 2.37. The first-order valence-corrected chi connectivity index (χ1v) is 8.25. The molecule has 1 N–H and O–H groups in total. The van der Waals surface area contributed by atoms with Gasteiger partial charge in [-0.1, -0.05) is 32.0 Å². The lowest BCUT2D eigenvalue weighted by Gasteiger charge is -2.38. The van der Waals surface area contributed by atoms with Crippen molar-refractivity contribution in [3.63, 3.8) is 0 Å². The molecule has 0 unspecified atom stereocenters. The minimum Gasteiger partial charge on any atom is -0.376 e. The Balaban J connectivity index is 1.69. The van der Waals surface area contributed by atoms with Crippen LogP contribution in [0.25, 0.3) is 0 Å². The van der Waals surface area contributed by atoms with E-state index in [0.717, 1.165) is 30.7 Å². The Morgan fingerprint density at radius 3 is 2.91 bits per heavy atom. The molecule has 5 heteroatoms. The maximum Gasteiger partial charge on any atom is 0.240 e. The number of hydrogen-bond donors (Lipinski definition) is 1. The summed E-state index contributed by atoms with van der Waals surface area (Å²) in [5, 5.41) is 2.89. The molecule has 124 valence electrons. The molecule has 1 atom stereocenters. The molecule has 2 aliphatic heterocycles. The van der Waals surface area contributed by atoms with Gasteiger partial charge in [-0.3, -0.25) is 9.59 Å². The monoisotopic (exact) mass is 316 g/mol. The third-order valence-electron chi connectivity index (χ3n) is 4.67. The SMILES string of the molecule is CC1(C)CC(=O)N(CC(=O)NC[C@@H]2CCCO2)c2ccccc21. The van der Waals surface area contributed by atoms with E-state index >= 15 is 0 Å². The number of carbonyl (C=O) groups is 2. The number of benzene rings is 1. The number of amides is 2. The Kier molecular flexibility index (Phi) is 4.39. The molecular formula is C18H24N2O3. The normalized spacial score (nSPS) is 22.8. The summed E-state index contributed by atoms with van der Waals surface area (Å²) in [4.78, 5) is 26.3. The van der Waals surface area contributed by atoms with Crippen LogP contribution in [0.2, 0.25) is 0 Å². The summed E-state index contributed by atoms with van der Waals surface area (Å²) >= 11 is 0. The van der Waals surface area contributed by atoms with Crippen molar-refractivity contribution in [3.05, 3.63) is 29.8 Å². The van der Waals surface area contributed by atoms with Crippen molar-refractivity contribution in [1.82, 2.24) is 5.32 Å². The lowest BCUT2D eigenvalue weighted by atomic mass is 9.77. The highest BCUT2D eigenvalue weighted by Crippen LogP contribution is 2.39. The van der Waals surface area contributed by atoms with Crippen LogP contribution in [0.3, 0.4) is 0 Å². The van der Waals surface area contributed by atoms with Gasteiger partial charge in [-0.2, -0.15) is 0 Å². The minimum atomic E-state index is -0.196. The van der Waals surface area contributed by atoms with Crippen molar-refractivity contribution in [2.75, 3.05) is 24.6 Å². The molecule has 0 radical (unpaired) electrons. The van der Waals surface area contributed by atoms with Gasteiger partial charge < -0.3 is 15.0 Å². The van der Waals surface area contributed by atoms with Crippen molar-refractivity contribution in [2.24, 2.45) is 0 Å². The summed E-state index contributed by atoms with van der Waals surface area (Å²) < 4.78 is 5.50. The zero-order valence-electron chi connectivity index (χ0n) is 13.8. The predicted octanol–water partition coefficient (Wildman–Crippen LogP) is 2.00. The molecule has 3 rings (SSSR count). The van der Waals surface area contributed by atoms with Gasteiger partial charge in [0.25, 0.3) is 0 Å². The van der Waals surface area contributed by atoms with E-state index in [9.17, 15) is 9.59 Å². The van der Waals surface area contributed by atoms with Crippen LogP contribution in [0.15, 0.2) is 24.3 Å². The number of ether oxygens (including phenoxy) is 1. The van der Waals surface area contributed by atoms with Crippen molar-refractivity contribution in [1.29, 1.82) is 0 Å². The van der Waals surface area contributed by atoms with Gasteiger partial charge in [-0.05, 0) is 24.5 Å². The summed E-state index contributed by atoms with van der Waals surface area (Å²) in [5.74, 6) is -0.135. The molecule has 1 fully saturated rings. The van der Waals surface area contributed by atoms with Gasteiger partial charge in [0.15, 0.2) is 0 Å². The molecule has 5 nitrogen and oxygen atoms in total. The van der Waals surface area contributed by atoms with Crippen LogP contribution in [0, 0.1) is 0 Å². The Morgan fingerprint density at radius 2 is 2.17 bits per heavy atom. The summed E-state index contributed by atoms with van der Waals surface area (Å²) in [7, 11) is 0. The van der Waals surface area contributed by atoms with Crippen molar-refractivity contribution in [2.45, 2.75) is 44.6 Å². The highest BCUT2D eigenvalue weighted by atomic mass is 16.5. The third-order valence-corrected chi connectivity index (χ3v) is 4.67. The molecule has 0 spiro atoms. The number of para-hydroxylation sites is 1. The lowest BCUT2D eigenvalue weighted by Crippen LogP contribution is -2.47. The Labute approximate surface area is 137 Å². The third kappa shape index (κ3) is 3.39. The fourth-order valence-electron chi connectivity index (χ4n) is 3.39. The van der Waals surface area contributed by atoms with Crippen LogP contribution in [0.5, 0.6) is 0 Å². The number of hydrogen-bond acceptors (Lipinski definition) is 3. The highest BCUT2D eigenvalue weighted by molar-refractivity contribution is 6.02. The largest absolute Gasteiger partial charge is 0.376 e. The van der Waals surface area contributed by atoms with E-state index < -0.39 is 0 Å². The summed E-state index contributed by atoms with van der Waals surface area (Å²) in [6, 6.07) is 7.84. The first kappa shape index (κ1) is 16.0. The Morgan fingerprint density at radius 1 is 1.39 bits per heavy atom. The quantitative estimate of drug-likeness (QED) is 0.924. The first-order chi connectivity index (χ1) is 11.0. The molecule has 2 amide bonds. The van der Waals surface area contributed by atoms with E-state index in [2.05, 4.69) is 19.2 Å². The number of nitrogens with one attached hydrogen (secondary N) is 1. The van der Waals surface area contributed by atoms with Gasteiger partial charge >= 0.3 is 0 Å². The maximum absolute atomic E-state index is 12.5. The molecule has 0 aliphatic carbocycles. The topological polar surface area (TPSA) is 58.6 Å². The van der Waals surface area contributed by atoms with Gasteiger partial charge in [0.05, 0.1) is 6.10 Å². The zero-order valence-corrected chi connectivity index (χ0v) is 13.8. The second kappa shape index (κ2) is 6.32.